The maximum absolute atomic E-state index is 11.7. The number of methoxy groups -OCH3 is 1. The van der Waals surface area contributed by atoms with Crippen LogP contribution in [0.25, 0.3) is 5.65 Å². The zero-order valence-electron chi connectivity index (χ0n) is 9.55. The van der Waals surface area contributed by atoms with Gasteiger partial charge in [0.05, 0.1) is 12.1 Å². The molecule has 0 N–H and O–H groups in total. The van der Waals surface area contributed by atoms with Gasteiger partial charge in [-0.1, -0.05) is 11.6 Å². The predicted molar refractivity (Wildman–Crippen MR) is 64.7 cm³/mol. The lowest BCUT2D eigenvalue weighted by Gasteiger charge is -2.01. The molecule has 0 aliphatic carbocycles. The molecule has 2 aromatic rings. The molecule has 0 fully saturated rings. The molecule has 0 saturated carbocycles. The fourth-order valence-corrected chi connectivity index (χ4v) is 2.49. The van der Waals surface area contributed by atoms with E-state index in [1.807, 2.05) is 0 Å². The second kappa shape index (κ2) is 4.25. The van der Waals surface area contributed by atoms with E-state index >= 15 is 0 Å². The first-order valence-electron chi connectivity index (χ1n) is 4.80. The first-order chi connectivity index (χ1) is 8.34. The van der Waals surface area contributed by atoms with Crippen molar-refractivity contribution in [1.82, 2.24) is 9.38 Å². The van der Waals surface area contributed by atoms with Crippen LogP contribution in [0, 0.1) is 0 Å². The van der Waals surface area contributed by atoms with Gasteiger partial charge in [0.15, 0.2) is 20.6 Å². The number of esters is 1. The topological polar surface area (TPSA) is 77.7 Å². The minimum atomic E-state index is -3.64. The third kappa shape index (κ3) is 2.06. The number of nitrogens with zero attached hydrogens (tertiary/aromatic N) is 2. The van der Waals surface area contributed by atoms with E-state index in [1.54, 1.807) is 6.07 Å². The Morgan fingerprint density at radius 2 is 2.11 bits per heavy atom. The Labute approximate surface area is 108 Å². The van der Waals surface area contributed by atoms with Gasteiger partial charge in [0.1, 0.15) is 5.65 Å². The number of pyridine rings is 1. The van der Waals surface area contributed by atoms with E-state index in [1.165, 1.54) is 23.8 Å². The van der Waals surface area contributed by atoms with E-state index in [4.69, 9.17) is 11.6 Å². The minimum absolute atomic E-state index is 0.155. The van der Waals surface area contributed by atoms with Crippen LogP contribution in [-0.4, -0.2) is 37.1 Å². The summed E-state index contributed by atoms with van der Waals surface area (Å²) in [7, 11) is -2.47. The van der Waals surface area contributed by atoms with Gasteiger partial charge in [0.25, 0.3) is 0 Å². The zero-order chi connectivity index (χ0) is 13.5. The Balaban J connectivity index is 2.91. The lowest BCUT2D eigenvalue weighted by molar-refractivity contribution is 0.0588. The number of hydrogen-bond donors (Lipinski definition) is 0. The van der Waals surface area contributed by atoms with Crippen LogP contribution < -0.4 is 0 Å². The summed E-state index contributed by atoms with van der Waals surface area (Å²) in [6, 6.07) is 3.07. The van der Waals surface area contributed by atoms with E-state index in [9.17, 15) is 13.2 Å². The maximum Gasteiger partial charge on any atom is 0.358 e. The highest BCUT2D eigenvalue weighted by atomic mass is 35.5. The van der Waals surface area contributed by atoms with E-state index in [0.717, 1.165) is 6.26 Å². The van der Waals surface area contributed by atoms with Gasteiger partial charge in [-0.25, -0.2) is 18.2 Å². The average Bonchev–Trinajstić information content (AvgIpc) is 2.66. The summed E-state index contributed by atoms with van der Waals surface area (Å²) in [4.78, 5) is 15.6. The number of carbonyl (C=O) groups is 1. The standard InChI is InChI=1S/C10H9ClN2O4S/c1-17-10(14)8-9(18(2,15)16)12-7-4-3-6(11)5-13(7)8/h3-5H,1-2H3. The molecule has 0 atom stereocenters. The highest BCUT2D eigenvalue weighted by Gasteiger charge is 2.26. The number of fused-ring (bicyclic) bond motifs is 1. The Morgan fingerprint density at radius 1 is 1.44 bits per heavy atom. The largest absolute Gasteiger partial charge is 0.464 e. The number of sulfone groups is 1. The van der Waals surface area contributed by atoms with Crippen molar-refractivity contribution < 1.29 is 17.9 Å². The van der Waals surface area contributed by atoms with Gasteiger partial charge < -0.3 is 4.74 Å². The molecule has 0 saturated heterocycles. The normalized spacial score (nSPS) is 11.7. The smallest absolute Gasteiger partial charge is 0.358 e. The van der Waals surface area contributed by atoms with Gasteiger partial charge in [-0.05, 0) is 12.1 Å². The van der Waals surface area contributed by atoms with Crippen molar-refractivity contribution in [1.29, 1.82) is 0 Å². The lowest BCUT2D eigenvalue weighted by atomic mass is 10.4. The van der Waals surface area contributed by atoms with Gasteiger partial charge in [0.2, 0.25) is 0 Å². The van der Waals surface area contributed by atoms with Gasteiger partial charge in [-0.3, -0.25) is 4.40 Å². The van der Waals surface area contributed by atoms with Crippen molar-refractivity contribution >= 4 is 33.1 Å². The van der Waals surface area contributed by atoms with Crippen molar-refractivity contribution in [3.8, 4) is 0 Å². The number of imidazole rings is 1. The maximum atomic E-state index is 11.7. The Kier molecular flexibility index (Phi) is 3.04. The molecular weight excluding hydrogens is 280 g/mol. The van der Waals surface area contributed by atoms with Crippen LogP contribution in [0.3, 0.4) is 0 Å². The van der Waals surface area contributed by atoms with Crippen LogP contribution >= 0.6 is 11.6 Å². The number of aromatic nitrogens is 2. The second-order valence-electron chi connectivity index (χ2n) is 3.60. The monoisotopic (exact) mass is 288 g/mol. The van der Waals surface area contributed by atoms with Crippen LogP contribution in [0.15, 0.2) is 23.4 Å². The summed E-state index contributed by atoms with van der Waals surface area (Å²) in [5, 5.41) is 0.0294. The van der Waals surface area contributed by atoms with Gasteiger partial charge >= 0.3 is 5.97 Å². The first kappa shape index (κ1) is 12.8. The number of ether oxygens (including phenoxy) is 1. The molecule has 96 valence electrons. The fourth-order valence-electron chi connectivity index (χ4n) is 1.54. The molecule has 2 heterocycles. The van der Waals surface area contributed by atoms with E-state index in [-0.39, 0.29) is 10.7 Å². The Bertz CT molecular complexity index is 736. The molecule has 0 aliphatic heterocycles. The van der Waals surface area contributed by atoms with Gasteiger partial charge in [0, 0.05) is 12.5 Å². The molecule has 18 heavy (non-hydrogen) atoms. The molecule has 2 rings (SSSR count). The molecule has 0 spiro atoms. The van der Waals surface area contributed by atoms with Crippen LogP contribution in [0.2, 0.25) is 5.02 Å². The van der Waals surface area contributed by atoms with Crippen molar-refractivity contribution in [3.05, 3.63) is 29.0 Å². The SMILES string of the molecule is COC(=O)c1c(S(C)(=O)=O)nc2ccc(Cl)cn12. The van der Waals surface area contributed by atoms with E-state index in [2.05, 4.69) is 9.72 Å². The average molecular weight is 289 g/mol. The quantitative estimate of drug-likeness (QED) is 0.775. The first-order valence-corrected chi connectivity index (χ1v) is 7.07. The Hall–Kier alpha value is -1.60. The summed E-state index contributed by atoms with van der Waals surface area (Å²) in [5.41, 5.74) is 0.151. The third-order valence-electron chi connectivity index (χ3n) is 2.28. The summed E-state index contributed by atoms with van der Waals surface area (Å²) in [5.74, 6) is -0.787. The number of carbonyl (C=O) groups excluding carboxylic acids is 1. The van der Waals surface area contributed by atoms with E-state index < -0.39 is 15.8 Å². The molecule has 2 aromatic heterocycles. The molecule has 6 nitrogen and oxygen atoms in total. The molecule has 0 aliphatic rings. The predicted octanol–water partition coefficient (Wildman–Crippen LogP) is 1.18. The number of hydrogen-bond acceptors (Lipinski definition) is 5. The highest BCUT2D eigenvalue weighted by Crippen LogP contribution is 2.20. The highest BCUT2D eigenvalue weighted by molar-refractivity contribution is 7.90. The van der Waals surface area contributed by atoms with Crippen molar-refractivity contribution in [2.75, 3.05) is 13.4 Å². The van der Waals surface area contributed by atoms with Gasteiger partial charge in [-0.15, -0.1) is 0 Å². The molecule has 0 bridgehead atoms. The van der Waals surface area contributed by atoms with E-state index in [0.29, 0.717) is 10.7 Å². The van der Waals surface area contributed by atoms with Crippen LogP contribution in [0.1, 0.15) is 10.5 Å². The fraction of sp³-hybridized carbons (Fsp3) is 0.200. The number of rotatable bonds is 2. The minimum Gasteiger partial charge on any atom is -0.464 e. The Morgan fingerprint density at radius 3 is 2.67 bits per heavy atom. The van der Waals surface area contributed by atoms with Crippen LogP contribution in [0.5, 0.6) is 0 Å². The molecule has 0 unspecified atom stereocenters. The summed E-state index contributed by atoms with van der Waals surface area (Å²) in [6.45, 7) is 0. The molecule has 0 aromatic carbocycles. The summed E-state index contributed by atoms with van der Waals surface area (Å²) in [6.07, 6.45) is 2.38. The van der Waals surface area contributed by atoms with Gasteiger partial charge in [-0.2, -0.15) is 0 Å². The lowest BCUT2D eigenvalue weighted by Crippen LogP contribution is -2.11. The third-order valence-corrected chi connectivity index (χ3v) is 3.49. The van der Waals surface area contributed by atoms with Crippen molar-refractivity contribution in [2.45, 2.75) is 5.03 Å². The molecular formula is C10H9ClN2O4S. The van der Waals surface area contributed by atoms with Crippen LogP contribution in [-0.2, 0) is 14.6 Å². The second-order valence-corrected chi connectivity index (χ2v) is 5.97. The van der Waals surface area contributed by atoms with Crippen molar-refractivity contribution in [3.63, 3.8) is 0 Å². The molecule has 8 heteroatoms. The van der Waals surface area contributed by atoms with Crippen LogP contribution in [0.4, 0.5) is 0 Å². The van der Waals surface area contributed by atoms with Crippen molar-refractivity contribution in [2.24, 2.45) is 0 Å². The zero-order valence-corrected chi connectivity index (χ0v) is 11.1. The molecule has 0 radical (unpaired) electrons. The molecule has 0 amide bonds. The summed E-state index contributed by atoms with van der Waals surface area (Å²) < 4.78 is 29.1. The summed E-state index contributed by atoms with van der Waals surface area (Å²) >= 11 is 5.81. The number of halogens is 1.